The highest BCUT2D eigenvalue weighted by molar-refractivity contribution is 5.75. The summed E-state index contributed by atoms with van der Waals surface area (Å²) >= 11 is 0. The third-order valence-corrected chi connectivity index (χ3v) is 3.25. The van der Waals surface area contributed by atoms with Gasteiger partial charge in [0.1, 0.15) is 6.29 Å². The summed E-state index contributed by atoms with van der Waals surface area (Å²) in [5, 5.41) is 0. The molecule has 2 atom stereocenters. The number of hydrogen-bond donors (Lipinski definition) is 0. The zero-order valence-corrected chi connectivity index (χ0v) is 12.7. The van der Waals surface area contributed by atoms with Gasteiger partial charge in [0.2, 0.25) is 0 Å². The van der Waals surface area contributed by atoms with E-state index in [-0.39, 0.29) is 24.3 Å². The molecule has 0 bridgehead atoms. The van der Waals surface area contributed by atoms with E-state index in [1.807, 2.05) is 0 Å². The highest BCUT2D eigenvalue weighted by Crippen LogP contribution is 2.22. The van der Waals surface area contributed by atoms with Crippen molar-refractivity contribution in [3.63, 3.8) is 0 Å². The molecule has 0 spiro atoms. The molecule has 116 valence electrons. The van der Waals surface area contributed by atoms with E-state index < -0.39 is 5.92 Å². The molecule has 0 aliphatic carbocycles. The summed E-state index contributed by atoms with van der Waals surface area (Å²) in [6.45, 7) is 4.10. The lowest BCUT2D eigenvalue weighted by Gasteiger charge is -2.18. The van der Waals surface area contributed by atoms with Crippen LogP contribution in [0.2, 0.25) is 0 Å². The largest absolute Gasteiger partial charge is 0.469 e. The van der Waals surface area contributed by atoms with Crippen LogP contribution in [0.1, 0.15) is 52.4 Å². The average molecular weight is 286 g/mol. The second kappa shape index (κ2) is 11.4. The summed E-state index contributed by atoms with van der Waals surface area (Å²) in [4.78, 5) is 34.1. The molecule has 1 unspecified atom stereocenters. The zero-order valence-electron chi connectivity index (χ0n) is 12.7. The molecule has 0 aromatic heterocycles. The van der Waals surface area contributed by atoms with Crippen molar-refractivity contribution in [2.75, 3.05) is 13.7 Å². The van der Waals surface area contributed by atoms with Crippen molar-refractivity contribution in [2.45, 2.75) is 52.4 Å². The van der Waals surface area contributed by atoms with Gasteiger partial charge in [-0.15, -0.1) is 0 Å². The zero-order chi connectivity index (χ0) is 15.4. The van der Waals surface area contributed by atoms with Gasteiger partial charge in [0, 0.05) is 12.3 Å². The molecular weight excluding hydrogens is 260 g/mol. The smallest absolute Gasteiger partial charge is 0.308 e. The van der Waals surface area contributed by atoms with Crippen molar-refractivity contribution in [3.8, 4) is 0 Å². The fourth-order valence-electron chi connectivity index (χ4n) is 2.06. The molecule has 0 heterocycles. The number of rotatable bonds is 11. The molecule has 0 radical (unpaired) electrons. The van der Waals surface area contributed by atoms with Gasteiger partial charge in [-0.3, -0.25) is 9.59 Å². The second-order valence-electron chi connectivity index (χ2n) is 4.84. The van der Waals surface area contributed by atoms with E-state index in [1.165, 1.54) is 7.11 Å². The highest BCUT2D eigenvalue weighted by atomic mass is 16.5. The number of carbonyl (C=O) groups excluding carboxylic acids is 3. The Morgan fingerprint density at radius 2 is 1.90 bits per heavy atom. The van der Waals surface area contributed by atoms with Crippen molar-refractivity contribution in [2.24, 2.45) is 11.8 Å². The molecule has 5 heteroatoms. The van der Waals surface area contributed by atoms with Gasteiger partial charge in [-0.1, -0.05) is 19.8 Å². The Morgan fingerprint density at radius 3 is 2.40 bits per heavy atom. The van der Waals surface area contributed by atoms with Crippen LogP contribution in [0, 0.1) is 11.8 Å². The van der Waals surface area contributed by atoms with Crippen molar-refractivity contribution < 1.29 is 23.9 Å². The molecule has 0 fully saturated rings. The van der Waals surface area contributed by atoms with E-state index in [4.69, 9.17) is 4.74 Å². The van der Waals surface area contributed by atoms with Gasteiger partial charge >= 0.3 is 11.9 Å². The van der Waals surface area contributed by atoms with E-state index in [2.05, 4.69) is 11.7 Å². The maximum absolute atomic E-state index is 11.9. The maximum Gasteiger partial charge on any atom is 0.308 e. The van der Waals surface area contributed by atoms with Gasteiger partial charge in [-0.2, -0.15) is 0 Å². The lowest BCUT2D eigenvalue weighted by Crippen LogP contribution is -2.23. The quantitative estimate of drug-likeness (QED) is 0.431. The molecule has 0 aromatic rings. The van der Waals surface area contributed by atoms with Gasteiger partial charge in [-0.25, -0.2) is 0 Å². The summed E-state index contributed by atoms with van der Waals surface area (Å²) in [7, 11) is 1.32. The normalized spacial score (nSPS) is 13.3. The fourth-order valence-corrected chi connectivity index (χ4v) is 2.06. The van der Waals surface area contributed by atoms with E-state index in [1.54, 1.807) is 6.92 Å². The Labute approximate surface area is 121 Å². The molecule has 0 amide bonds. The predicted molar refractivity (Wildman–Crippen MR) is 75.1 cm³/mol. The molecule has 5 nitrogen and oxygen atoms in total. The monoisotopic (exact) mass is 286 g/mol. The van der Waals surface area contributed by atoms with Crippen molar-refractivity contribution in [3.05, 3.63) is 0 Å². The van der Waals surface area contributed by atoms with Crippen molar-refractivity contribution in [1.82, 2.24) is 0 Å². The third-order valence-electron chi connectivity index (χ3n) is 3.25. The van der Waals surface area contributed by atoms with Crippen LogP contribution >= 0.6 is 0 Å². The van der Waals surface area contributed by atoms with Crippen LogP contribution in [0.25, 0.3) is 0 Å². The van der Waals surface area contributed by atoms with E-state index in [9.17, 15) is 14.4 Å². The minimum absolute atomic E-state index is 0.151. The summed E-state index contributed by atoms with van der Waals surface area (Å²) in [5.74, 6) is -1.25. The molecule has 0 aliphatic heterocycles. The maximum atomic E-state index is 11.9. The number of ether oxygens (including phenoxy) is 2. The van der Waals surface area contributed by atoms with Crippen molar-refractivity contribution in [1.29, 1.82) is 0 Å². The molecule has 0 saturated heterocycles. The summed E-state index contributed by atoms with van der Waals surface area (Å²) in [5.41, 5.74) is 0. The van der Waals surface area contributed by atoms with E-state index >= 15 is 0 Å². The van der Waals surface area contributed by atoms with Gasteiger partial charge in [-0.05, 0) is 26.2 Å². The average Bonchev–Trinajstić information content (AvgIpc) is 2.46. The number of unbranched alkanes of at least 4 members (excludes halogenated alkanes) is 1. The molecule has 0 aromatic carbocycles. The SMILES string of the molecule is CCCCC(C=O)C[C@H](CCC(=O)OC)C(=O)OCC. The predicted octanol–water partition coefficient (Wildman–Crippen LogP) is 2.51. The molecule has 0 saturated carbocycles. The summed E-state index contributed by atoms with van der Waals surface area (Å²) in [6.07, 6.45) is 4.61. The Hall–Kier alpha value is -1.39. The van der Waals surface area contributed by atoms with E-state index in [0.717, 1.165) is 25.5 Å². The Bertz CT molecular complexity index is 301. The molecular formula is C15H26O5. The molecule has 0 rings (SSSR count). The summed E-state index contributed by atoms with van der Waals surface area (Å²) in [6, 6.07) is 0. The number of carbonyl (C=O) groups is 3. The van der Waals surface area contributed by atoms with Crippen LogP contribution in [-0.2, 0) is 23.9 Å². The Morgan fingerprint density at radius 1 is 1.20 bits per heavy atom. The first-order valence-corrected chi connectivity index (χ1v) is 7.27. The van der Waals surface area contributed by atoms with Crippen LogP contribution in [0.15, 0.2) is 0 Å². The lowest BCUT2D eigenvalue weighted by molar-refractivity contribution is -0.149. The molecule has 0 N–H and O–H groups in total. The first-order chi connectivity index (χ1) is 9.58. The highest BCUT2D eigenvalue weighted by Gasteiger charge is 2.24. The van der Waals surface area contributed by atoms with Crippen LogP contribution < -0.4 is 0 Å². The standard InChI is InChI=1S/C15H26O5/c1-4-6-7-12(11-16)10-13(15(18)20-5-2)8-9-14(17)19-3/h11-13H,4-10H2,1-3H3/t12?,13-/m0/s1. The lowest BCUT2D eigenvalue weighted by atomic mass is 9.89. The van der Waals surface area contributed by atoms with Crippen LogP contribution in [0.5, 0.6) is 0 Å². The van der Waals surface area contributed by atoms with Crippen molar-refractivity contribution >= 4 is 18.2 Å². The van der Waals surface area contributed by atoms with Gasteiger partial charge in [0.25, 0.3) is 0 Å². The van der Waals surface area contributed by atoms with E-state index in [0.29, 0.717) is 19.4 Å². The number of methoxy groups -OCH3 is 1. The van der Waals surface area contributed by atoms with Gasteiger partial charge in [0.05, 0.1) is 19.6 Å². The molecule has 0 aliphatic rings. The Balaban J connectivity index is 4.52. The minimum atomic E-state index is -0.416. The van der Waals surface area contributed by atoms with Gasteiger partial charge in [0.15, 0.2) is 0 Å². The van der Waals surface area contributed by atoms with Crippen LogP contribution in [0.3, 0.4) is 0 Å². The number of hydrogen-bond acceptors (Lipinski definition) is 5. The first-order valence-electron chi connectivity index (χ1n) is 7.27. The van der Waals surface area contributed by atoms with Crippen LogP contribution in [0.4, 0.5) is 0 Å². The molecule has 20 heavy (non-hydrogen) atoms. The Kier molecular flexibility index (Phi) is 10.6. The van der Waals surface area contributed by atoms with Gasteiger partial charge < -0.3 is 14.3 Å². The van der Waals surface area contributed by atoms with Crippen LogP contribution in [-0.4, -0.2) is 31.9 Å². The number of aldehydes is 1. The second-order valence-corrected chi connectivity index (χ2v) is 4.84. The number of esters is 2. The summed E-state index contributed by atoms with van der Waals surface area (Å²) < 4.78 is 9.59. The fraction of sp³-hybridized carbons (Fsp3) is 0.800. The minimum Gasteiger partial charge on any atom is -0.469 e. The first kappa shape index (κ1) is 18.6. The topological polar surface area (TPSA) is 69.7 Å². The third kappa shape index (κ3) is 7.92.